The molecule has 1 fully saturated rings. The normalized spacial score (nSPS) is 20.4. The average Bonchev–Trinajstić information content (AvgIpc) is 3.59. The molecule has 3 aromatic carbocycles. The Labute approximate surface area is 247 Å². The Bertz CT molecular complexity index is 1560. The van der Waals surface area contributed by atoms with Gasteiger partial charge in [-0.3, -0.25) is 10.2 Å². The number of nitrogens with zero attached hydrogens (tertiary/aromatic N) is 4. The van der Waals surface area contributed by atoms with Gasteiger partial charge in [0.1, 0.15) is 5.69 Å². The van der Waals surface area contributed by atoms with E-state index in [1.807, 2.05) is 78.9 Å². The number of likely N-dealkylation sites (tertiary alicyclic amines) is 1. The molecular weight excluding hydrogens is 580 g/mol. The second-order valence-electron chi connectivity index (χ2n) is 10.1. The lowest BCUT2D eigenvalue weighted by Crippen LogP contribution is -2.45. The van der Waals surface area contributed by atoms with Crippen molar-refractivity contribution in [3.05, 3.63) is 113 Å². The molecular formula is C32H31BrN6O2. The van der Waals surface area contributed by atoms with Gasteiger partial charge in [0, 0.05) is 30.8 Å². The molecule has 0 radical (unpaired) electrons. The Kier molecular flexibility index (Phi) is 7.98. The number of aliphatic imine (C=N–C) groups is 1. The van der Waals surface area contributed by atoms with Crippen LogP contribution >= 0.6 is 15.9 Å². The van der Waals surface area contributed by atoms with Gasteiger partial charge in [-0.2, -0.15) is 5.10 Å². The molecule has 2 aliphatic rings. The third kappa shape index (κ3) is 5.68. The van der Waals surface area contributed by atoms with Crippen molar-refractivity contribution in [1.82, 2.24) is 20.0 Å². The zero-order valence-electron chi connectivity index (χ0n) is 22.7. The fourth-order valence-electron chi connectivity index (χ4n) is 5.63. The maximum atomic E-state index is 13.7. The van der Waals surface area contributed by atoms with Crippen LogP contribution in [0.5, 0.6) is 0 Å². The Morgan fingerprint density at radius 1 is 0.951 bits per heavy atom. The summed E-state index contributed by atoms with van der Waals surface area (Å²) in [6, 6.07) is 29.7. The number of carbonyl (C=O) groups is 1. The van der Waals surface area contributed by atoms with E-state index in [0.29, 0.717) is 22.7 Å². The molecule has 9 heteroatoms. The molecule has 0 saturated carbocycles. The number of benzene rings is 3. The van der Waals surface area contributed by atoms with Crippen LogP contribution in [0.15, 0.2) is 113 Å². The maximum Gasteiger partial charge on any atom is 0.320 e. The lowest BCUT2D eigenvalue weighted by atomic mass is 9.94. The van der Waals surface area contributed by atoms with Crippen molar-refractivity contribution in [2.75, 3.05) is 25.5 Å². The summed E-state index contributed by atoms with van der Waals surface area (Å²) in [6.07, 6.45) is 4.67. The van der Waals surface area contributed by atoms with Gasteiger partial charge in [-0.15, -0.1) is 0 Å². The molecule has 3 atom stereocenters. The summed E-state index contributed by atoms with van der Waals surface area (Å²) in [6.45, 7) is 1.45. The summed E-state index contributed by atoms with van der Waals surface area (Å²) in [7, 11) is 1.66. The van der Waals surface area contributed by atoms with Gasteiger partial charge in [-0.1, -0.05) is 84.9 Å². The van der Waals surface area contributed by atoms with E-state index in [2.05, 4.69) is 54.7 Å². The van der Waals surface area contributed by atoms with E-state index in [1.165, 1.54) is 5.56 Å². The number of hydrogen-bond donors (Lipinski definition) is 2. The first kappa shape index (κ1) is 27.0. The Morgan fingerprint density at radius 2 is 1.63 bits per heavy atom. The number of nitrogens with one attached hydrogen (secondary N) is 2. The van der Waals surface area contributed by atoms with Crippen molar-refractivity contribution in [3.63, 3.8) is 0 Å². The summed E-state index contributed by atoms with van der Waals surface area (Å²) in [5.74, 6) is 1.37. The molecule has 41 heavy (non-hydrogen) atoms. The van der Waals surface area contributed by atoms with E-state index in [-0.39, 0.29) is 24.0 Å². The zero-order valence-corrected chi connectivity index (χ0v) is 24.2. The van der Waals surface area contributed by atoms with E-state index in [4.69, 9.17) is 9.84 Å². The van der Waals surface area contributed by atoms with Crippen molar-refractivity contribution in [1.29, 1.82) is 0 Å². The predicted octanol–water partition coefficient (Wildman–Crippen LogP) is 6.22. The van der Waals surface area contributed by atoms with Crippen LogP contribution in [0.2, 0.25) is 0 Å². The first-order valence-corrected chi connectivity index (χ1v) is 14.4. The molecule has 1 aromatic heterocycles. The number of ether oxygens (including phenoxy) is 1. The fraction of sp³-hybridized carbons (Fsp3) is 0.219. The molecule has 3 heterocycles. The minimum atomic E-state index is -0.292. The van der Waals surface area contributed by atoms with Crippen LogP contribution in [-0.2, 0) is 4.74 Å². The van der Waals surface area contributed by atoms with Crippen LogP contribution in [0.1, 0.15) is 17.9 Å². The van der Waals surface area contributed by atoms with E-state index in [0.717, 1.165) is 29.9 Å². The minimum absolute atomic E-state index is 0.0353. The van der Waals surface area contributed by atoms with Gasteiger partial charge in [-0.25, -0.2) is 14.5 Å². The van der Waals surface area contributed by atoms with Crippen LogP contribution in [0.25, 0.3) is 16.9 Å². The van der Waals surface area contributed by atoms with Gasteiger partial charge in [-0.05, 0) is 40.0 Å². The Morgan fingerprint density at radius 3 is 2.34 bits per heavy atom. The van der Waals surface area contributed by atoms with E-state index in [9.17, 15) is 4.79 Å². The number of para-hydroxylation sites is 1. The topological polar surface area (TPSA) is 83.8 Å². The van der Waals surface area contributed by atoms with Crippen molar-refractivity contribution < 1.29 is 9.53 Å². The number of amides is 2. The first-order chi connectivity index (χ1) is 20.1. The van der Waals surface area contributed by atoms with Crippen LogP contribution < -0.4 is 10.6 Å². The van der Waals surface area contributed by atoms with E-state index >= 15 is 0 Å². The highest BCUT2D eigenvalue weighted by Crippen LogP contribution is 2.36. The molecule has 2 N–H and O–H groups in total. The third-order valence-electron chi connectivity index (χ3n) is 7.60. The van der Waals surface area contributed by atoms with Gasteiger partial charge in [0.2, 0.25) is 5.90 Å². The van der Waals surface area contributed by atoms with Crippen LogP contribution in [-0.4, -0.2) is 58.9 Å². The molecule has 2 aliphatic heterocycles. The molecule has 6 rings (SSSR count). The molecule has 208 valence electrons. The van der Waals surface area contributed by atoms with Gasteiger partial charge in [0.25, 0.3) is 0 Å². The monoisotopic (exact) mass is 610 g/mol. The molecule has 0 spiro atoms. The van der Waals surface area contributed by atoms with Gasteiger partial charge < -0.3 is 10.1 Å². The van der Waals surface area contributed by atoms with Crippen molar-refractivity contribution in [2.45, 2.75) is 24.4 Å². The highest BCUT2D eigenvalue weighted by Gasteiger charge is 2.40. The number of anilines is 1. The average molecular weight is 612 g/mol. The summed E-state index contributed by atoms with van der Waals surface area (Å²) >= 11 is 3.73. The van der Waals surface area contributed by atoms with Crippen molar-refractivity contribution in [3.8, 4) is 16.9 Å². The van der Waals surface area contributed by atoms with Crippen LogP contribution in [0, 0.1) is 0 Å². The highest BCUT2D eigenvalue weighted by molar-refractivity contribution is 9.10. The first-order valence-electron chi connectivity index (χ1n) is 13.6. The largest absolute Gasteiger partial charge is 0.483 e. The smallest absolute Gasteiger partial charge is 0.320 e. The summed E-state index contributed by atoms with van der Waals surface area (Å²) in [4.78, 5) is 20.5. The number of halogens is 1. The molecule has 0 bridgehead atoms. The summed E-state index contributed by atoms with van der Waals surface area (Å²) in [5.41, 5.74) is 3.72. The van der Waals surface area contributed by atoms with Crippen molar-refractivity contribution >= 4 is 33.7 Å². The fourth-order valence-corrected chi connectivity index (χ4v) is 6.20. The minimum Gasteiger partial charge on any atom is -0.483 e. The maximum absolute atomic E-state index is 13.7. The lowest BCUT2D eigenvalue weighted by molar-refractivity contribution is 0.239. The van der Waals surface area contributed by atoms with Gasteiger partial charge in [0.05, 0.1) is 29.4 Å². The molecule has 1 unspecified atom stereocenters. The van der Waals surface area contributed by atoms with Gasteiger partial charge >= 0.3 is 6.03 Å². The number of methoxy groups -OCH3 is 1. The van der Waals surface area contributed by atoms with E-state index in [1.54, 1.807) is 18.0 Å². The molecule has 2 amide bonds. The third-order valence-corrected chi connectivity index (χ3v) is 8.35. The molecule has 1 saturated heterocycles. The number of urea groups is 1. The quantitative estimate of drug-likeness (QED) is 0.271. The number of rotatable bonds is 6. The van der Waals surface area contributed by atoms with Crippen LogP contribution in [0.4, 0.5) is 10.6 Å². The SMILES string of the molecule is COC1=NC=CCC1N1C[C@@H](NC(=O)Nc2c(Br)c(-c3ccccc3)nn2-c2ccccc2)[C@H](c2ccccc2)C1. The second-order valence-corrected chi connectivity index (χ2v) is 10.9. The number of hydrogen-bond acceptors (Lipinski definition) is 5. The Hall–Kier alpha value is -4.21. The molecule has 4 aromatic rings. The molecule has 8 nitrogen and oxygen atoms in total. The zero-order chi connectivity index (χ0) is 28.2. The number of carbonyl (C=O) groups excluding carboxylic acids is 1. The Balaban J connectivity index is 1.28. The predicted molar refractivity (Wildman–Crippen MR) is 165 cm³/mol. The second kappa shape index (κ2) is 12.1. The van der Waals surface area contributed by atoms with E-state index < -0.39 is 0 Å². The summed E-state index contributed by atoms with van der Waals surface area (Å²) in [5, 5.41) is 11.3. The van der Waals surface area contributed by atoms with Crippen molar-refractivity contribution in [2.24, 2.45) is 4.99 Å². The molecule has 0 aliphatic carbocycles. The van der Waals surface area contributed by atoms with Crippen LogP contribution in [0.3, 0.4) is 0 Å². The lowest BCUT2D eigenvalue weighted by Gasteiger charge is -2.28. The van der Waals surface area contributed by atoms with Gasteiger partial charge in [0.15, 0.2) is 5.82 Å². The standard InChI is InChI=1S/C32H31BrN6O2/c1-41-31-27(18-11-19-34-31)38-20-25(22-12-5-2-6-13-22)26(21-38)35-32(40)36-30-28(33)29(23-14-7-3-8-15-23)37-39(30)24-16-9-4-10-17-24/h2-17,19,25-27H,18,20-21H2,1H3,(H2,35,36,40)/t25-,26+,27?/m0/s1. The summed E-state index contributed by atoms with van der Waals surface area (Å²) < 4.78 is 8.08. The highest BCUT2D eigenvalue weighted by atomic mass is 79.9. The number of aromatic nitrogens is 2.